The molecular weight excluding hydrogens is 402 g/mol. The first kappa shape index (κ1) is 19.5. The minimum Gasteiger partial charge on any atom is -0.351 e. The average molecular weight is 426 g/mol. The molecule has 1 aliphatic heterocycles. The molecule has 1 aromatic carbocycles. The molecule has 0 radical (unpaired) electrons. The van der Waals surface area contributed by atoms with Crippen LogP contribution in [0.15, 0.2) is 85.5 Å². The third-order valence-electron chi connectivity index (χ3n) is 5.59. The van der Waals surface area contributed by atoms with Crippen molar-refractivity contribution in [1.82, 2.24) is 19.9 Å². The topological polar surface area (TPSA) is 46.0 Å². The van der Waals surface area contributed by atoms with Gasteiger partial charge in [-0.05, 0) is 85.7 Å². The molecule has 0 saturated carbocycles. The lowest BCUT2D eigenvalue weighted by atomic mass is 10.00. The van der Waals surface area contributed by atoms with Gasteiger partial charge in [0.1, 0.15) is 6.04 Å². The molecule has 3 aromatic heterocycles. The standard InChI is InChI=1S/C25H23N5S/c1-17-13-18(2)15-20(14-17)30-24(23(28-25(30)31)21-8-3-4-11-27-21)22-9-6-12-29(22)19-7-5-10-26-16-19/h3-16,23-24H,1-2H3,(H,28,31)/t23-,24-/m0/s1. The lowest BCUT2D eigenvalue weighted by Gasteiger charge is -2.29. The minimum atomic E-state index is -0.0835. The van der Waals surface area contributed by atoms with Crippen LogP contribution in [0.4, 0.5) is 5.69 Å². The molecule has 5 nitrogen and oxygen atoms in total. The number of hydrogen-bond donors (Lipinski definition) is 1. The Morgan fingerprint density at radius 3 is 2.45 bits per heavy atom. The summed E-state index contributed by atoms with van der Waals surface area (Å²) in [7, 11) is 0. The van der Waals surface area contributed by atoms with Gasteiger partial charge in [-0.3, -0.25) is 9.97 Å². The van der Waals surface area contributed by atoms with Crippen molar-refractivity contribution >= 4 is 23.0 Å². The number of nitrogens with one attached hydrogen (secondary N) is 1. The number of aromatic nitrogens is 3. The zero-order chi connectivity index (χ0) is 21.4. The summed E-state index contributed by atoms with van der Waals surface area (Å²) in [5, 5.41) is 4.24. The smallest absolute Gasteiger partial charge is 0.174 e. The quantitative estimate of drug-likeness (QED) is 0.463. The van der Waals surface area contributed by atoms with E-state index in [1.54, 1.807) is 6.20 Å². The van der Waals surface area contributed by atoms with E-state index in [1.807, 2.05) is 30.6 Å². The Kier molecular flexibility index (Phi) is 5.00. The minimum absolute atomic E-state index is 0.0705. The molecule has 1 N–H and O–H groups in total. The van der Waals surface area contributed by atoms with E-state index in [-0.39, 0.29) is 12.1 Å². The van der Waals surface area contributed by atoms with Gasteiger partial charge in [-0.15, -0.1) is 0 Å². The molecule has 0 spiro atoms. The molecule has 0 unspecified atom stereocenters. The van der Waals surface area contributed by atoms with E-state index < -0.39 is 0 Å². The number of pyridine rings is 2. The highest BCUT2D eigenvalue weighted by Gasteiger charge is 2.42. The molecule has 0 bridgehead atoms. The second kappa shape index (κ2) is 7.96. The lowest BCUT2D eigenvalue weighted by molar-refractivity contribution is 0.549. The van der Waals surface area contributed by atoms with Crippen molar-refractivity contribution in [1.29, 1.82) is 0 Å². The fourth-order valence-corrected chi connectivity index (χ4v) is 4.74. The second-order valence-electron chi connectivity index (χ2n) is 7.86. The zero-order valence-corrected chi connectivity index (χ0v) is 18.3. The van der Waals surface area contributed by atoms with Gasteiger partial charge in [-0.25, -0.2) is 0 Å². The van der Waals surface area contributed by atoms with Gasteiger partial charge in [0, 0.05) is 30.0 Å². The molecule has 1 saturated heterocycles. The van der Waals surface area contributed by atoms with Gasteiger partial charge in [-0.1, -0.05) is 12.1 Å². The van der Waals surface area contributed by atoms with E-state index in [2.05, 4.69) is 87.3 Å². The molecule has 0 amide bonds. The zero-order valence-electron chi connectivity index (χ0n) is 17.4. The normalized spacial score (nSPS) is 18.3. The Labute approximate surface area is 187 Å². The molecule has 5 rings (SSSR count). The van der Waals surface area contributed by atoms with Crippen LogP contribution >= 0.6 is 12.2 Å². The Balaban J connectivity index is 1.69. The van der Waals surface area contributed by atoms with Gasteiger partial charge in [0.05, 0.1) is 23.6 Å². The summed E-state index contributed by atoms with van der Waals surface area (Å²) in [4.78, 5) is 11.2. The van der Waals surface area contributed by atoms with Crippen LogP contribution in [0.3, 0.4) is 0 Å². The van der Waals surface area contributed by atoms with Gasteiger partial charge < -0.3 is 14.8 Å². The third-order valence-corrected chi connectivity index (χ3v) is 5.90. The maximum Gasteiger partial charge on any atom is 0.174 e. The Bertz CT molecular complexity index is 1200. The monoisotopic (exact) mass is 425 g/mol. The third kappa shape index (κ3) is 3.59. The van der Waals surface area contributed by atoms with E-state index in [4.69, 9.17) is 12.2 Å². The van der Waals surface area contributed by atoms with Crippen LogP contribution in [0.5, 0.6) is 0 Å². The first-order chi connectivity index (χ1) is 15.1. The number of thiocarbonyl (C=S) groups is 1. The first-order valence-electron chi connectivity index (χ1n) is 10.3. The van der Waals surface area contributed by atoms with Crippen molar-refractivity contribution in [2.75, 3.05) is 4.90 Å². The summed E-state index contributed by atoms with van der Waals surface area (Å²) < 4.78 is 2.18. The van der Waals surface area contributed by atoms with E-state index in [1.165, 1.54) is 11.1 Å². The van der Waals surface area contributed by atoms with Gasteiger partial charge in [0.2, 0.25) is 0 Å². The Morgan fingerprint density at radius 1 is 0.903 bits per heavy atom. The highest BCUT2D eigenvalue weighted by atomic mass is 32.1. The summed E-state index contributed by atoms with van der Waals surface area (Å²) in [5.41, 5.74) is 6.59. The Hall–Kier alpha value is -3.51. The van der Waals surface area contributed by atoms with Gasteiger partial charge in [0.15, 0.2) is 5.11 Å². The van der Waals surface area contributed by atoms with Crippen LogP contribution in [-0.4, -0.2) is 19.6 Å². The Morgan fingerprint density at radius 2 is 1.74 bits per heavy atom. The second-order valence-corrected chi connectivity index (χ2v) is 8.24. The fraction of sp³-hybridized carbons (Fsp3) is 0.160. The maximum absolute atomic E-state index is 5.86. The molecule has 4 aromatic rings. The summed E-state index contributed by atoms with van der Waals surface area (Å²) in [6, 6.07) is 20.6. The number of rotatable bonds is 4. The fourth-order valence-electron chi connectivity index (χ4n) is 4.39. The summed E-state index contributed by atoms with van der Waals surface area (Å²) in [5.74, 6) is 0. The molecule has 6 heteroatoms. The van der Waals surface area contributed by atoms with Crippen LogP contribution in [0, 0.1) is 13.8 Å². The summed E-state index contributed by atoms with van der Waals surface area (Å²) >= 11 is 5.86. The van der Waals surface area contributed by atoms with E-state index in [9.17, 15) is 0 Å². The van der Waals surface area contributed by atoms with E-state index >= 15 is 0 Å². The summed E-state index contributed by atoms with van der Waals surface area (Å²) in [6.45, 7) is 4.24. The first-order valence-corrected chi connectivity index (χ1v) is 10.7. The van der Waals surface area contributed by atoms with Crippen molar-refractivity contribution in [3.05, 3.63) is 108 Å². The van der Waals surface area contributed by atoms with E-state index in [0.29, 0.717) is 5.11 Å². The predicted molar refractivity (Wildman–Crippen MR) is 127 cm³/mol. The van der Waals surface area contributed by atoms with Crippen LogP contribution in [0.2, 0.25) is 0 Å². The number of hydrogen-bond acceptors (Lipinski definition) is 3. The average Bonchev–Trinajstić information content (AvgIpc) is 3.38. The van der Waals surface area contributed by atoms with Crippen molar-refractivity contribution in [2.24, 2.45) is 0 Å². The number of aryl methyl sites for hydroxylation is 2. The molecule has 1 fully saturated rings. The van der Waals surface area contributed by atoms with Crippen LogP contribution in [0.25, 0.3) is 5.69 Å². The van der Waals surface area contributed by atoms with Gasteiger partial charge >= 0.3 is 0 Å². The predicted octanol–water partition coefficient (Wildman–Crippen LogP) is 5.06. The van der Waals surface area contributed by atoms with Gasteiger partial charge in [-0.2, -0.15) is 0 Å². The number of nitrogens with zero attached hydrogens (tertiary/aromatic N) is 4. The van der Waals surface area contributed by atoms with E-state index in [0.717, 1.165) is 22.8 Å². The van der Waals surface area contributed by atoms with Crippen LogP contribution in [-0.2, 0) is 0 Å². The highest BCUT2D eigenvalue weighted by Crippen LogP contribution is 2.42. The molecule has 2 atom stereocenters. The lowest BCUT2D eigenvalue weighted by Crippen LogP contribution is -2.30. The SMILES string of the molecule is Cc1cc(C)cc(N2C(=S)N[C@@H](c3ccccn3)[C@@H]2c2cccn2-c2cccnc2)c1. The van der Waals surface area contributed by atoms with Crippen molar-refractivity contribution in [2.45, 2.75) is 25.9 Å². The molecule has 1 aliphatic rings. The van der Waals surface area contributed by atoms with Crippen molar-refractivity contribution in [3.63, 3.8) is 0 Å². The highest BCUT2D eigenvalue weighted by molar-refractivity contribution is 7.80. The largest absolute Gasteiger partial charge is 0.351 e. The molecule has 154 valence electrons. The van der Waals surface area contributed by atoms with Crippen molar-refractivity contribution in [3.8, 4) is 5.69 Å². The summed E-state index contributed by atoms with van der Waals surface area (Å²) in [6.07, 6.45) is 7.57. The van der Waals surface area contributed by atoms with Crippen molar-refractivity contribution < 1.29 is 0 Å². The molecule has 31 heavy (non-hydrogen) atoms. The van der Waals surface area contributed by atoms with Crippen LogP contribution < -0.4 is 10.2 Å². The van der Waals surface area contributed by atoms with Gasteiger partial charge in [0.25, 0.3) is 0 Å². The number of benzene rings is 1. The molecular formula is C25H23N5S. The van der Waals surface area contributed by atoms with Crippen LogP contribution in [0.1, 0.15) is 34.6 Å². The molecule has 0 aliphatic carbocycles. The number of anilines is 1. The maximum atomic E-state index is 5.86. The molecule has 4 heterocycles.